The van der Waals surface area contributed by atoms with Gasteiger partial charge in [-0.1, -0.05) is 18.0 Å². The molecule has 0 bridgehead atoms. The number of anilines is 1. The Morgan fingerprint density at radius 3 is 2.68 bits per heavy atom. The van der Waals surface area contributed by atoms with Crippen LogP contribution in [0.5, 0.6) is 0 Å². The molecule has 0 unspecified atom stereocenters. The first-order chi connectivity index (χ1) is 13.3. The lowest BCUT2D eigenvalue weighted by Gasteiger charge is -2.27. The van der Waals surface area contributed by atoms with Crippen LogP contribution in [0.25, 0.3) is 0 Å². The first kappa shape index (κ1) is 20.5. The van der Waals surface area contributed by atoms with Crippen LogP contribution in [-0.4, -0.2) is 36.7 Å². The third kappa shape index (κ3) is 4.43. The molecule has 2 aromatic rings. The summed E-state index contributed by atoms with van der Waals surface area (Å²) in [6.07, 6.45) is 3.86. The molecule has 28 heavy (non-hydrogen) atoms. The fourth-order valence-corrected chi connectivity index (χ4v) is 4.96. The average molecular weight is 427 g/mol. The highest BCUT2D eigenvalue weighted by atomic mass is 35.5. The Labute approximate surface area is 167 Å². The van der Waals surface area contributed by atoms with E-state index in [9.17, 15) is 17.6 Å². The van der Waals surface area contributed by atoms with Crippen LogP contribution in [0.3, 0.4) is 0 Å². The second-order valence-corrected chi connectivity index (χ2v) is 8.83. The van der Waals surface area contributed by atoms with Gasteiger partial charge in [0.1, 0.15) is 11.6 Å². The number of nitrogen functional groups attached to an aromatic ring is 1. The highest BCUT2D eigenvalue weighted by Crippen LogP contribution is 2.24. The summed E-state index contributed by atoms with van der Waals surface area (Å²) >= 11 is 5.84. The standard InChI is InChI=1S/C18H20ClFN4O3S/c19-13-9-15(17(21)22-11-13)18(25)23-10-12-8-14(20)4-5-16(12)28(26,27)24-6-2-1-3-7-24/h4-5,8-9,11H,1-3,6-7,10H2,(H2,21,22)(H,23,25). The van der Waals surface area contributed by atoms with E-state index in [2.05, 4.69) is 10.3 Å². The molecule has 0 aliphatic carbocycles. The molecular formula is C18H20ClFN4O3S. The number of halogens is 2. The summed E-state index contributed by atoms with van der Waals surface area (Å²) in [6.45, 7) is 0.664. The van der Waals surface area contributed by atoms with E-state index in [0.717, 1.165) is 31.4 Å². The molecule has 1 fully saturated rings. The van der Waals surface area contributed by atoms with Gasteiger partial charge in [-0.25, -0.2) is 17.8 Å². The fraction of sp³-hybridized carbons (Fsp3) is 0.333. The van der Waals surface area contributed by atoms with Crippen molar-refractivity contribution in [2.45, 2.75) is 30.7 Å². The Kier molecular flexibility index (Phi) is 6.17. The van der Waals surface area contributed by atoms with Crippen LogP contribution >= 0.6 is 11.6 Å². The molecule has 1 amide bonds. The molecule has 0 spiro atoms. The van der Waals surface area contributed by atoms with Gasteiger partial charge in [0.2, 0.25) is 10.0 Å². The number of aromatic nitrogens is 1. The van der Waals surface area contributed by atoms with E-state index in [4.69, 9.17) is 17.3 Å². The van der Waals surface area contributed by atoms with E-state index in [0.29, 0.717) is 13.1 Å². The van der Waals surface area contributed by atoms with Crippen LogP contribution in [0.15, 0.2) is 35.4 Å². The molecule has 3 rings (SSSR count). The summed E-state index contributed by atoms with van der Waals surface area (Å²) < 4.78 is 41.1. The second kappa shape index (κ2) is 8.42. The summed E-state index contributed by atoms with van der Waals surface area (Å²) in [5.74, 6) is -1.19. The lowest BCUT2D eigenvalue weighted by molar-refractivity contribution is 0.0951. The lowest BCUT2D eigenvalue weighted by atomic mass is 10.2. The minimum absolute atomic E-state index is 0.0118. The number of pyridine rings is 1. The molecule has 1 aromatic heterocycles. The van der Waals surface area contributed by atoms with Crippen molar-refractivity contribution in [3.8, 4) is 0 Å². The van der Waals surface area contributed by atoms with Crippen LogP contribution < -0.4 is 11.1 Å². The Hall–Kier alpha value is -2.23. The van der Waals surface area contributed by atoms with Crippen LogP contribution in [0.1, 0.15) is 35.2 Å². The maximum Gasteiger partial charge on any atom is 0.255 e. The number of nitrogens with two attached hydrogens (primary N) is 1. The maximum atomic E-state index is 13.8. The first-order valence-corrected chi connectivity index (χ1v) is 10.6. The number of piperidine rings is 1. The zero-order chi connectivity index (χ0) is 20.3. The highest BCUT2D eigenvalue weighted by molar-refractivity contribution is 7.89. The Balaban J connectivity index is 1.85. The summed E-state index contributed by atoms with van der Waals surface area (Å²) in [5, 5.41) is 2.79. The molecule has 7 nitrogen and oxygen atoms in total. The summed E-state index contributed by atoms with van der Waals surface area (Å²) in [4.78, 5) is 16.2. The van der Waals surface area contributed by atoms with Crippen molar-refractivity contribution < 1.29 is 17.6 Å². The molecule has 2 heterocycles. The van der Waals surface area contributed by atoms with Crippen molar-refractivity contribution in [3.63, 3.8) is 0 Å². The van der Waals surface area contributed by atoms with Crippen LogP contribution in [0.2, 0.25) is 5.02 Å². The zero-order valence-corrected chi connectivity index (χ0v) is 16.6. The van der Waals surface area contributed by atoms with E-state index in [1.807, 2.05) is 0 Å². The number of sulfonamides is 1. The number of hydrogen-bond acceptors (Lipinski definition) is 5. The van der Waals surface area contributed by atoms with E-state index in [1.165, 1.54) is 22.6 Å². The number of amides is 1. The van der Waals surface area contributed by atoms with E-state index in [1.54, 1.807) is 0 Å². The number of carbonyl (C=O) groups excluding carboxylic acids is 1. The lowest BCUT2D eigenvalue weighted by Crippen LogP contribution is -2.36. The van der Waals surface area contributed by atoms with Crippen molar-refractivity contribution in [3.05, 3.63) is 52.4 Å². The smallest absolute Gasteiger partial charge is 0.255 e. The maximum absolute atomic E-state index is 13.8. The molecule has 0 saturated carbocycles. The van der Waals surface area contributed by atoms with Crippen molar-refractivity contribution in [1.29, 1.82) is 0 Å². The second-order valence-electron chi connectivity index (χ2n) is 6.49. The van der Waals surface area contributed by atoms with Crippen LogP contribution in [-0.2, 0) is 16.6 Å². The minimum Gasteiger partial charge on any atom is -0.383 e. The molecule has 1 aliphatic rings. The topological polar surface area (TPSA) is 105 Å². The van der Waals surface area contributed by atoms with Crippen molar-refractivity contribution >= 4 is 33.3 Å². The van der Waals surface area contributed by atoms with Crippen molar-refractivity contribution in [2.75, 3.05) is 18.8 Å². The minimum atomic E-state index is -3.78. The number of hydrogen-bond donors (Lipinski definition) is 2. The first-order valence-electron chi connectivity index (χ1n) is 8.77. The van der Waals surface area contributed by atoms with Crippen molar-refractivity contribution in [1.82, 2.24) is 14.6 Å². The highest BCUT2D eigenvalue weighted by Gasteiger charge is 2.28. The summed E-state index contributed by atoms with van der Waals surface area (Å²) in [5.41, 5.74) is 5.91. The molecule has 10 heteroatoms. The molecule has 1 aliphatic heterocycles. The number of nitrogens with zero attached hydrogens (tertiary/aromatic N) is 2. The van der Waals surface area contributed by atoms with Gasteiger partial charge >= 0.3 is 0 Å². The fourth-order valence-electron chi connectivity index (χ4n) is 3.08. The van der Waals surface area contributed by atoms with Gasteiger partial charge in [0.05, 0.1) is 15.5 Å². The molecule has 0 atom stereocenters. The molecule has 1 saturated heterocycles. The van der Waals surface area contributed by atoms with Gasteiger partial charge in [-0.3, -0.25) is 4.79 Å². The predicted octanol–water partition coefficient (Wildman–Crippen LogP) is 2.56. The average Bonchev–Trinajstić information content (AvgIpc) is 2.68. The normalized spacial score (nSPS) is 15.4. The van der Waals surface area contributed by atoms with Crippen molar-refractivity contribution in [2.24, 2.45) is 0 Å². The summed E-state index contributed by atoms with van der Waals surface area (Å²) in [6, 6.07) is 4.80. The van der Waals surface area contributed by atoms with Gasteiger partial charge < -0.3 is 11.1 Å². The Bertz CT molecular complexity index is 994. The van der Waals surface area contributed by atoms with E-state index >= 15 is 0 Å². The SMILES string of the molecule is Nc1ncc(Cl)cc1C(=O)NCc1cc(F)ccc1S(=O)(=O)N1CCCCC1. The molecule has 1 aromatic carbocycles. The van der Waals surface area contributed by atoms with Gasteiger partial charge in [0, 0.05) is 25.8 Å². The molecule has 0 radical (unpaired) electrons. The largest absolute Gasteiger partial charge is 0.383 e. The van der Waals surface area contributed by atoms with Gasteiger partial charge in [0.25, 0.3) is 5.91 Å². The molecule has 150 valence electrons. The number of rotatable bonds is 5. The molecular weight excluding hydrogens is 407 g/mol. The van der Waals surface area contributed by atoms with Gasteiger partial charge in [0.15, 0.2) is 0 Å². The third-order valence-corrected chi connectivity index (χ3v) is 6.73. The third-order valence-electron chi connectivity index (χ3n) is 4.52. The monoisotopic (exact) mass is 426 g/mol. The molecule has 3 N–H and O–H groups in total. The van der Waals surface area contributed by atoms with E-state index < -0.39 is 21.7 Å². The quantitative estimate of drug-likeness (QED) is 0.764. The number of nitrogens with one attached hydrogen (secondary N) is 1. The number of benzene rings is 1. The Morgan fingerprint density at radius 1 is 1.25 bits per heavy atom. The van der Waals surface area contributed by atoms with Crippen LogP contribution in [0, 0.1) is 5.82 Å². The predicted molar refractivity (Wildman–Crippen MR) is 104 cm³/mol. The van der Waals surface area contributed by atoms with Gasteiger partial charge in [-0.05, 0) is 42.7 Å². The van der Waals surface area contributed by atoms with Gasteiger partial charge in [-0.2, -0.15) is 4.31 Å². The Morgan fingerprint density at radius 2 is 1.96 bits per heavy atom. The summed E-state index contributed by atoms with van der Waals surface area (Å²) in [7, 11) is -3.78. The van der Waals surface area contributed by atoms with E-state index in [-0.39, 0.29) is 33.4 Å². The number of carbonyl (C=O) groups is 1. The zero-order valence-electron chi connectivity index (χ0n) is 15.0. The van der Waals surface area contributed by atoms with Gasteiger partial charge in [-0.15, -0.1) is 0 Å². The van der Waals surface area contributed by atoms with Crippen LogP contribution in [0.4, 0.5) is 10.2 Å².